The summed E-state index contributed by atoms with van der Waals surface area (Å²) in [5.74, 6) is 2.19. The second-order valence-corrected chi connectivity index (χ2v) is 7.16. The molecule has 0 spiro atoms. The van der Waals surface area contributed by atoms with E-state index in [1.807, 2.05) is 43.3 Å². The highest BCUT2D eigenvalue weighted by molar-refractivity contribution is 5.93. The summed E-state index contributed by atoms with van der Waals surface area (Å²) in [4.78, 5) is 9.23. The van der Waals surface area contributed by atoms with Crippen molar-refractivity contribution in [2.24, 2.45) is 4.99 Å². The molecule has 0 aliphatic carbocycles. The summed E-state index contributed by atoms with van der Waals surface area (Å²) in [6, 6.07) is 11.8. The zero-order valence-electron chi connectivity index (χ0n) is 18.4. The Kier molecular flexibility index (Phi) is 9.40. The third-order valence-corrected chi connectivity index (χ3v) is 4.55. The summed E-state index contributed by atoms with van der Waals surface area (Å²) in [5.41, 5.74) is 2.78. The van der Waals surface area contributed by atoms with Crippen molar-refractivity contribution in [1.82, 2.24) is 10.3 Å². The van der Waals surface area contributed by atoms with Crippen LogP contribution in [0.4, 0.5) is 5.69 Å². The van der Waals surface area contributed by atoms with Gasteiger partial charge >= 0.3 is 0 Å². The molecule has 168 valence electrons. The van der Waals surface area contributed by atoms with Gasteiger partial charge in [0, 0.05) is 44.1 Å². The molecular weight excluding hydrogens is 396 g/mol. The summed E-state index contributed by atoms with van der Waals surface area (Å²) in [6.45, 7) is 6.37. The Labute approximate surface area is 184 Å². The number of ether oxygens (including phenoxy) is 4. The number of pyridine rings is 1. The molecule has 0 saturated heterocycles. The van der Waals surface area contributed by atoms with E-state index < -0.39 is 0 Å². The van der Waals surface area contributed by atoms with Crippen LogP contribution in [0.25, 0.3) is 0 Å². The van der Waals surface area contributed by atoms with Gasteiger partial charge in [-0.2, -0.15) is 0 Å². The van der Waals surface area contributed by atoms with Gasteiger partial charge in [-0.15, -0.1) is 0 Å². The first-order valence-electron chi connectivity index (χ1n) is 10.7. The van der Waals surface area contributed by atoms with Gasteiger partial charge in [0.1, 0.15) is 0 Å². The fourth-order valence-corrected chi connectivity index (χ4v) is 2.99. The number of nitrogens with zero attached hydrogens (tertiary/aromatic N) is 2. The van der Waals surface area contributed by atoms with Crippen molar-refractivity contribution >= 4 is 11.6 Å². The molecule has 2 N–H and O–H groups in total. The SMILES string of the molecule is COCCOCCCNC(=NCc1cccc(C)n1)Nc1ccc2c(c1)OCCCO2. The molecule has 8 heteroatoms. The second-order valence-electron chi connectivity index (χ2n) is 7.16. The van der Waals surface area contributed by atoms with E-state index in [0.29, 0.717) is 45.5 Å². The first-order chi connectivity index (χ1) is 15.2. The van der Waals surface area contributed by atoms with Crippen LogP contribution in [-0.2, 0) is 16.0 Å². The van der Waals surface area contributed by atoms with Gasteiger partial charge < -0.3 is 29.6 Å². The van der Waals surface area contributed by atoms with Crippen molar-refractivity contribution < 1.29 is 18.9 Å². The predicted molar refractivity (Wildman–Crippen MR) is 121 cm³/mol. The van der Waals surface area contributed by atoms with Crippen molar-refractivity contribution in [3.05, 3.63) is 47.8 Å². The van der Waals surface area contributed by atoms with Gasteiger partial charge in [-0.1, -0.05) is 6.07 Å². The van der Waals surface area contributed by atoms with Crippen molar-refractivity contribution in [2.75, 3.05) is 52.0 Å². The van der Waals surface area contributed by atoms with E-state index >= 15 is 0 Å². The Hall–Kier alpha value is -2.84. The van der Waals surface area contributed by atoms with E-state index in [0.717, 1.165) is 48.0 Å². The highest BCUT2D eigenvalue weighted by Gasteiger charge is 2.11. The number of aliphatic imine (C=N–C) groups is 1. The van der Waals surface area contributed by atoms with Gasteiger partial charge in [-0.3, -0.25) is 4.98 Å². The third kappa shape index (κ3) is 8.07. The number of aromatic nitrogens is 1. The van der Waals surface area contributed by atoms with Crippen LogP contribution in [0, 0.1) is 6.92 Å². The van der Waals surface area contributed by atoms with Crippen LogP contribution in [-0.4, -0.2) is 57.6 Å². The highest BCUT2D eigenvalue weighted by atomic mass is 16.5. The number of methoxy groups -OCH3 is 1. The van der Waals surface area contributed by atoms with Crippen LogP contribution in [0.2, 0.25) is 0 Å². The number of guanidine groups is 1. The van der Waals surface area contributed by atoms with Crippen LogP contribution in [0.1, 0.15) is 24.2 Å². The molecule has 2 aromatic rings. The lowest BCUT2D eigenvalue weighted by Gasteiger charge is -2.15. The minimum atomic E-state index is 0.478. The van der Waals surface area contributed by atoms with Crippen LogP contribution in [0.3, 0.4) is 0 Å². The summed E-state index contributed by atoms with van der Waals surface area (Å²) < 4.78 is 22.0. The second kappa shape index (κ2) is 12.8. The smallest absolute Gasteiger partial charge is 0.196 e. The predicted octanol–water partition coefficient (Wildman–Crippen LogP) is 3.16. The Morgan fingerprint density at radius 1 is 1.10 bits per heavy atom. The van der Waals surface area contributed by atoms with Crippen LogP contribution in [0.5, 0.6) is 11.5 Å². The molecule has 1 aliphatic rings. The van der Waals surface area contributed by atoms with Crippen molar-refractivity contribution in [2.45, 2.75) is 26.3 Å². The summed E-state index contributed by atoms with van der Waals surface area (Å²) in [7, 11) is 1.67. The average molecular weight is 429 g/mol. The Morgan fingerprint density at radius 3 is 2.81 bits per heavy atom. The number of benzene rings is 1. The first kappa shape index (κ1) is 22.8. The molecule has 0 bridgehead atoms. The van der Waals surface area contributed by atoms with E-state index in [9.17, 15) is 0 Å². The third-order valence-electron chi connectivity index (χ3n) is 4.55. The van der Waals surface area contributed by atoms with Crippen LogP contribution >= 0.6 is 0 Å². The molecule has 1 aromatic carbocycles. The van der Waals surface area contributed by atoms with E-state index in [-0.39, 0.29) is 0 Å². The molecule has 0 saturated carbocycles. The monoisotopic (exact) mass is 428 g/mol. The maximum absolute atomic E-state index is 5.80. The summed E-state index contributed by atoms with van der Waals surface area (Å²) >= 11 is 0. The van der Waals surface area contributed by atoms with E-state index in [1.54, 1.807) is 7.11 Å². The number of hydrogen-bond donors (Lipinski definition) is 2. The van der Waals surface area contributed by atoms with Gasteiger partial charge in [0.05, 0.1) is 38.7 Å². The molecule has 2 heterocycles. The van der Waals surface area contributed by atoms with Gasteiger partial charge in [-0.25, -0.2) is 4.99 Å². The Morgan fingerprint density at radius 2 is 1.97 bits per heavy atom. The Balaban J connectivity index is 1.62. The van der Waals surface area contributed by atoms with Crippen molar-refractivity contribution in [3.8, 4) is 11.5 Å². The molecule has 0 amide bonds. The summed E-state index contributed by atoms with van der Waals surface area (Å²) in [6.07, 6.45) is 1.73. The van der Waals surface area contributed by atoms with Crippen molar-refractivity contribution in [3.63, 3.8) is 0 Å². The van der Waals surface area contributed by atoms with Gasteiger partial charge in [-0.05, 0) is 37.6 Å². The van der Waals surface area contributed by atoms with Crippen LogP contribution in [0.15, 0.2) is 41.4 Å². The first-order valence-corrected chi connectivity index (χ1v) is 10.7. The van der Waals surface area contributed by atoms with E-state index in [4.69, 9.17) is 23.9 Å². The number of aryl methyl sites for hydroxylation is 1. The lowest BCUT2D eigenvalue weighted by Crippen LogP contribution is -2.32. The molecule has 31 heavy (non-hydrogen) atoms. The fraction of sp³-hybridized carbons (Fsp3) is 0.478. The largest absolute Gasteiger partial charge is 0.490 e. The minimum absolute atomic E-state index is 0.478. The average Bonchev–Trinajstić information content (AvgIpc) is 3.02. The zero-order valence-corrected chi connectivity index (χ0v) is 18.4. The molecule has 0 atom stereocenters. The number of nitrogens with one attached hydrogen (secondary N) is 2. The summed E-state index contributed by atoms with van der Waals surface area (Å²) in [5, 5.41) is 6.72. The maximum Gasteiger partial charge on any atom is 0.196 e. The number of hydrogen-bond acceptors (Lipinski definition) is 6. The standard InChI is InChI=1S/C23H32N4O4/c1-18-6-3-7-20(26-18)17-25-23(24-10-4-11-29-15-14-28-2)27-19-8-9-21-22(16-19)31-13-5-12-30-21/h3,6-9,16H,4-5,10-15,17H2,1-2H3,(H2,24,25,27). The Bertz CT molecular complexity index is 844. The van der Waals surface area contributed by atoms with E-state index in [2.05, 4.69) is 15.6 Å². The normalized spacial score (nSPS) is 13.5. The molecule has 1 aromatic heterocycles. The lowest BCUT2D eigenvalue weighted by atomic mass is 10.2. The molecular formula is C23H32N4O4. The maximum atomic E-state index is 5.80. The number of rotatable bonds is 10. The minimum Gasteiger partial charge on any atom is -0.490 e. The van der Waals surface area contributed by atoms with Gasteiger partial charge in [0.25, 0.3) is 0 Å². The van der Waals surface area contributed by atoms with Crippen LogP contribution < -0.4 is 20.1 Å². The lowest BCUT2D eigenvalue weighted by molar-refractivity contribution is 0.0699. The molecule has 0 fully saturated rings. The molecule has 1 aliphatic heterocycles. The molecule has 3 rings (SSSR count). The van der Waals surface area contributed by atoms with Gasteiger partial charge in [0.2, 0.25) is 0 Å². The number of anilines is 1. The molecule has 8 nitrogen and oxygen atoms in total. The highest BCUT2D eigenvalue weighted by Crippen LogP contribution is 2.32. The fourth-order valence-electron chi connectivity index (χ4n) is 2.99. The van der Waals surface area contributed by atoms with E-state index in [1.165, 1.54) is 0 Å². The number of fused-ring (bicyclic) bond motifs is 1. The molecule has 0 radical (unpaired) electrons. The topological polar surface area (TPSA) is 86.2 Å². The van der Waals surface area contributed by atoms with Gasteiger partial charge in [0.15, 0.2) is 17.5 Å². The molecule has 0 unspecified atom stereocenters. The quantitative estimate of drug-likeness (QED) is 0.341. The van der Waals surface area contributed by atoms with Crippen molar-refractivity contribution in [1.29, 1.82) is 0 Å². The zero-order chi connectivity index (χ0) is 21.7.